The third-order valence-corrected chi connectivity index (χ3v) is 8.71. The molecule has 3 atom stereocenters. The van der Waals surface area contributed by atoms with Crippen LogP contribution in [0.25, 0.3) is 11.1 Å². The number of ether oxygens (including phenoxy) is 2. The van der Waals surface area contributed by atoms with E-state index in [9.17, 15) is 9.59 Å². The van der Waals surface area contributed by atoms with Gasteiger partial charge in [0.1, 0.15) is 0 Å². The lowest BCUT2D eigenvalue weighted by atomic mass is 9.80. The van der Waals surface area contributed by atoms with Gasteiger partial charge in [-0.15, -0.1) is 0 Å². The fraction of sp³-hybridized carbons (Fsp3) is 0.562. The zero-order valence-corrected chi connectivity index (χ0v) is 24.8. The third-order valence-electron chi connectivity index (χ3n) is 8.71. The van der Waals surface area contributed by atoms with Crippen LogP contribution in [-0.4, -0.2) is 53.4 Å². The van der Waals surface area contributed by atoms with Gasteiger partial charge in [-0.05, 0) is 69.6 Å². The molecule has 10 nitrogen and oxygen atoms in total. The molecule has 0 bridgehead atoms. The SMILES string of the molecule is COC(=O)N1c2ccc(-c3cnn(CCC#N)c3)cc2N(C(=O)OC2CCCC3(C/C=C\CCCCCC3)N2)C[C@@H]1C. The molecule has 2 unspecified atom stereocenters. The van der Waals surface area contributed by atoms with Gasteiger partial charge in [0.15, 0.2) is 6.23 Å². The minimum Gasteiger partial charge on any atom is -0.452 e. The van der Waals surface area contributed by atoms with E-state index in [1.807, 2.05) is 31.3 Å². The Labute approximate surface area is 248 Å². The van der Waals surface area contributed by atoms with Crippen molar-refractivity contribution in [1.82, 2.24) is 15.1 Å². The number of hydrogen-bond acceptors (Lipinski definition) is 7. The Hall–Kier alpha value is -3.84. The Kier molecular flexibility index (Phi) is 9.48. The first-order chi connectivity index (χ1) is 20.4. The predicted octanol–water partition coefficient (Wildman–Crippen LogP) is 6.52. The lowest BCUT2D eigenvalue weighted by Gasteiger charge is -2.43. The van der Waals surface area contributed by atoms with Crippen molar-refractivity contribution >= 4 is 23.6 Å². The molecule has 5 rings (SSSR count). The van der Waals surface area contributed by atoms with Gasteiger partial charge in [0.25, 0.3) is 0 Å². The summed E-state index contributed by atoms with van der Waals surface area (Å²) >= 11 is 0. The van der Waals surface area contributed by atoms with E-state index in [0.29, 0.717) is 24.3 Å². The van der Waals surface area contributed by atoms with E-state index in [4.69, 9.17) is 14.7 Å². The number of carbonyl (C=O) groups is 2. The standard InChI is InChI=1S/C32H42N6O4/c1-24-22-37(30(39)42-29-12-10-17-32(35-29)15-8-6-4-3-5-7-9-16-32)28-20-25(13-14-27(28)38(24)31(40)41-2)26-21-34-36(23-26)19-11-18-33/h6,8,13-14,20-21,23-24,29,35H,3-5,7,9-12,15-17,19,22H2,1-2H3/b8-6-/t24-,29?,32?/m0/s1. The van der Waals surface area contributed by atoms with E-state index in [0.717, 1.165) is 49.7 Å². The smallest absolute Gasteiger partial charge is 0.416 e. The summed E-state index contributed by atoms with van der Waals surface area (Å²) in [7, 11) is 1.36. The lowest BCUT2D eigenvalue weighted by Crippen LogP contribution is -2.57. The number of piperidine rings is 1. The number of aryl methyl sites for hydroxylation is 1. The number of rotatable bonds is 4. The Morgan fingerprint density at radius 2 is 1.93 bits per heavy atom. The summed E-state index contributed by atoms with van der Waals surface area (Å²) in [6.45, 7) is 2.67. The highest BCUT2D eigenvalue weighted by Gasteiger charge is 2.40. The average Bonchev–Trinajstić information content (AvgIpc) is 3.47. The Morgan fingerprint density at radius 3 is 2.76 bits per heavy atom. The van der Waals surface area contributed by atoms with Crippen molar-refractivity contribution in [2.75, 3.05) is 23.5 Å². The second kappa shape index (κ2) is 13.4. The van der Waals surface area contributed by atoms with Gasteiger partial charge in [0.05, 0.1) is 56.3 Å². The van der Waals surface area contributed by atoms with Crippen LogP contribution >= 0.6 is 0 Å². The molecule has 3 aliphatic rings. The second-order valence-electron chi connectivity index (χ2n) is 11.7. The van der Waals surface area contributed by atoms with Gasteiger partial charge < -0.3 is 9.47 Å². The molecule has 2 aromatic rings. The van der Waals surface area contributed by atoms with E-state index < -0.39 is 12.2 Å². The number of nitriles is 1. The van der Waals surface area contributed by atoms with Crippen molar-refractivity contribution in [3.05, 3.63) is 42.7 Å². The molecular weight excluding hydrogens is 532 g/mol. The van der Waals surface area contributed by atoms with E-state index in [1.165, 1.54) is 32.8 Å². The fourth-order valence-electron chi connectivity index (χ4n) is 6.51. The van der Waals surface area contributed by atoms with Crippen LogP contribution in [0.15, 0.2) is 42.7 Å². The Balaban J connectivity index is 1.39. The van der Waals surface area contributed by atoms with Gasteiger partial charge in [-0.2, -0.15) is 10.4 Å². The molecule has 0 saturated carbocycles. The average molecular weight is 575 g/mol. The largest absolute Gasteiger partial charge is 0.452 e. The zero-order valence-electron chi connectivity index (χ0n) is 24.8. The Bertz CT molecular complexity index is 1330. The molecule has 1 aromatic carbocycles. The molecule has 2 aliphatic heterocycles. The summed E-state index contributed by atoms with van der Waals surface area (Å²) in [5.74, 6) is 0. The number of allylic oxidation sites excluding steroid dienone is 1. The maximum atomic E-state index is 13.9. The van der Waals surface area contributed by atoms with Crippen LogP contribution in [-0.2, 0) is 16.0 Å². The summed E-state index contributed by atoms with van der Waals surface area (Å²) in [4.78, 5) is 29.9. The summed E-state index contributed by atoms with van der Waals surface area (Å²) < 4.78 is 13.0. The minimum atomic E-state index is -0.478. The predicted molar refractivity (Wildman–Crippen MR) is 161 cm³/mol. The molecule has 0 radical (unpaired) electrons. The van der Waals surface area contributed by atoms with Gasteiger partial charge >= 0.3 is 12.2 Å². The van der Waals surface area contributed by atoms with Crippen LogP contribution in [0.1, 0.15) is 77.6 Å². The molecule has 1 fully saturated rings. The second-order valence-corrected chi connectivity index (χ2v) is 11.7. The zero-order chi connectivity index (χ0) is 29.5. The van der Waals surface area contributed by atoms with Crippen molar-refractivity contribution in [2.45, 2.75) is 102 Å². The maximum absolute atomic E-state index is 13.9. The molecular formula is C32H42N6O4. The van der Waals surface area contributed by atoms with E-state index in [2.05, 4.69) is 28.6 Å². The minimum absolute atomic E-state index is 0.0509. The first-order valence-electron chi connectivity index (χ1n) is 15.2. The topological polar surface area (TPSA) is 113 Å². The third kappa shape index (κ3) is 6.62. The number of amides is 2. The first kappa shape index (κ1) is 29.6. The van der Waals surface area contributed by atoms with Crippen molar-refractivity contribution in [3.8, 4) is 17.2 Å². The molecule has 1 aromatic heterocycles. The van der Waals surface area contributed by atoms with E-state index >= 15 is 0 Å². The van der Waals surface area contributed by atoms with Crippen LogP contribution in [0, 0.1) is 11.3 Å². The molecule has 42 heavy (non-hydrogen) atoms. The van der Waals surface area contributed by atoms with E-state index in [-0.39, 0.29) is 24.4 Å². The molecule has 1 aliphatic carbocycles. The number of carbonyl (C=O) groups excluding carboxylic acids is 2. The monoisotopic (exact) mass is 574 g/mol. The normalized spacial score (nSPS) is 25.3. The highest BCUT2D eigenvalue weighted by Crippen LogP contribution is 2.40. The number of fused-ring (bicyclic) bond motifs is 1. The molecule has 10 heteroatoms. The molecule has 1 saturated heterocycles. The van der Waals surface area contributed by atoms with Crippen molar-refractivity contribution in [1.29, 1.82) is 5.26 Å². The summed E-state index contributed by atoms with van der Waals surface area (Å²) in [6.07, 6.45) is 18.2. The molecule has 3 heterocycles. The number of benzene rings is 1. The van der Waals surface area contributed by atoms with Crippen LogP contribution in [0.2, 0.25) is 0 Å². The molecule has 224 valence electrons. The van der Waals surface area contributed by atoms with Crippen LogP contribution in [0.3, 0.4) is 0 Å². The summed E-state index contributed by atoms with van der Waals surface area (Å²) in [5, 5.41) is 17.0. The fourth-order valence-corrected chi connectivity index (χ4v) is 6.51. The van der Waals surface area contributed by atoms with Gasteiger partial charge in [-0.3, -0.25) is 19.8 Å². The van der Waals surface area contributed by atoms with Crippen LogP contribution < -0.4 is 15.1 Å². The number of nitrogens with zero attached hydrogens (tertiary/aromatic N) is 5. The van der Waals surface area contributed by atoms with Crippen LogP contribution in [0.4, 0.5) is 21.0 Å². The molecule has 2 amide bonds. The maximum Gasteiger partial charge on any atom is 0.416 e. The van der Waals surface area contributed by atoms with Crippen molar-refractivity contribution in [3.63, 3.8) is 0 Å². The van der Waals surface area contributed by atoms with Gasteiger partial charge in [-0.25, -0.2) is 9.59 Å². The van der Waals surface area contributed by atoms with E-state index in [1.54, 1.807) is 20.7 Å². The number of aromatic nitrogens is 2. The Morgan fingerprint density at radius 1 is 1.10 bits per heavy atom. The number of methoxy groups -OCH3 is 1. The highest BCUT2D eigenvalue weighted by molar-refractivity contribution is 6.01. The van der Waals surface area contributed by atoms with Gasteiger partial charge in [0, 0.05) is 17.3 Å². The molecule has 1 N–H and O–H groups in total. The summed E-state index contributed by atoms with van der Waals surface area (Å²) in [6, 6.07) is 7.46. The summed E-state index contributed by atoms with van der Waals surface area (Å²) in [5.41, 5.74) is 2.82. The molecule has 1 spiro atoms. The first-order valence-corrected chi connectivity index (χ1v) is 15.2. The highest BCUT2D eigenvalue weighted by atomic mass is 16.6. The van der Waals surface area contributed by atoms with Crippen molar-refractivity contribution in [2.24, 2.45) is 0 Å². The van der Waals surface area contributed by atoms with Crippen LogP contribution in [0.5, 0.6) is 0 Å². The van der Waals surface area contributed by atoms with Gasteiger partial charge in [0.2, 0.25) is 0 Å². The number of anilines is 2. The van der Waals surface area contributed by atoms with Gasteiger partial charge in [-0.1, -0.05) is 37.5 Å². The van der Waals surface area contributed by atoms with Crippen molar-refractivity contribution < 1.29 is 19.1 Å². The quantitative estimate of drug-likeness (QED) is 0.414. The number of nitrogens with one attached hydrogen (secondary N) is 1. The number of hydrogen-bond donors (Lipinski definition) is 1. The lowest BCUT2D eigenvalue weighted by molar-refractivity contribution is 0.0226.